The van der Waals surface area contributed by atoms with E-state index in [1.54, 1.807) is 0 Å². The Kier molecular flexibility index (Phi) is 3.80. The van der Waals surface area contributed by atoms with Crippen molar-refractivity contribution in [3.63, 3.8) is 0 Å². The second-order valence-electron chi connectivity index (χ2n) is 8.88. The molecule has 3 aromatic carbocycles. The lowest BCUT2D eigenvalue weighted by molar-refractivity contribution is -0.154. The Labute approximate surface area is 172 Å². The molecular weight excluding hydrogens is 356 g/mol. The van der Waals surface area contributed by atoms with Crippen LogP contribution in [0.25, 0.3) is 0 Å². The maximum absolute atomic E-state index is 13.5. The van der Waals surface area contributed by atoms with Crippen molar-refractivity contribution in [2.24, 2.45) is 10.8 Å². The van der Waals surface area contributed by atoms with Crippen molar-refractivity contribution in [1.82, 2.24) is 0 Å². The summed E-state index contributed by atoms with van der Waals surface area (Å²) in [6.45, 7) is 4.49. The maximum atomic E-state index is 13.5. The number of hydrogen-bond donors (Lipinski definition) is 0. The first-order chi connectivity index (χ1) is 14.0. The number of methoxy groups -OCH3 is 1. The van der Waals surface area contributed by atoms with Crippen LogP contribution in [-0.4, -0.2) is 13.1 Å². The first kappa shape index (κ1) is 18.2. The molecule has 0 amide bonds. The maximum Gasteiger partial charge on any atom is 0.313 e. The molecule has 2 nitrogen and oxygen atoms in total. The number of ether oxygens (including phenoxy) is 1. The van der Waals surface area contributed by atoms with Gasteiger partial charge in [-0.1, -0.05) is 105 Å². The standard InChI is InChI=1S/C27H26O2/c1-25(2)26(21-17-11-6-12-18-21)22(19-13-7-4-8-14-19)23(20-15-9-5-10-16-20)27(25,26)24(28)29-3/h4-18,22-23H,1-3H3/t22-,23+,26+,27-/m0/s1. The first-order valence-electron chi connectivity index (χ1n) is 10.3. The Morgan fingerprint density at radius 3 is 1.66 bits per heavy atom. The van der Waals surface area contributed by atoms with Crippen molar-refractivity contribution in [3.8, 4) is 0 Å². The van der Waals surface area contributed by atoms with Crippen molar-refractivity contribution >= 4 is 5.97 Å². The van der Waals surface area contributed by atoms with E-state index >= 15 is 0 Å². The largest absolute Gasteiger partial charge is 0.469 e. The molecule has 2 aliphatic rings. The zero-order chi connectivity index (χ0) is 20.3. The Hall–Kier alpha value is -2.87. The number of fused-ring (bicyclic) bond motifs is 1. The molecule has 0 radical (unpaired) electrons. The molecule has 2 fully saturated rings. The molecule has 2 aliphatic carbocycles. The van der Waals surface area contributed by atoms with E-state index in [-0.39, 0.29) is 28.6 Å². The molecule has 0 N–H and O–H groups in total. The molecular formula is C27H26O2. The summed E-state index contributed by atoms with van der Waals surface area (Å²) in [7, 11) is 1.53. The molecule has 0 saturated heterocycles. The van der Waals surface area contributed by atoms with E-state index < -0.39 is 5.41 Å². The Morgan fingerprint density at radius 1 is 0.724 bits per heavy atom. The SMILES string of the molecule is COC(=O)[C@]12[C@H](c3ccccc3)[C@H](c3ccccc3)[C@]1(c1ccccc1)C2(C)C. The number of carbonyl (C=O) groups is 1. The fraction of sp³-hybridized carbons (Fsp3) is 0.296. The van der Waals surface area contributed by atoms with Gasteiger partial charge < -0.3 is 4.74 Å². The van der Waals surface area contributed by atoms with E-state index in [0.717, 1.165) is 0 Å². The topological polar surface area (TPSA) is 26.3 Å². The number of esters is 1. The van der Waals surface area contributed by atoms with Gasteiger partial charge in [-0.05, 0) is 22.1 Å². The van der Waals surface area contributed by atoms with Gasteiger partial charge in [-0.15, -0.1) is 0 Å². The second kappa shape index (κ2) is 6.06. The highest BCUT2D eigenvalue weighted by molar-refractivity contribution is 5.93. The van der Waals surface area contributed by atoms with Crippen molar-refractivity contribution in [2.75, 3.05) is 7.11 Å². The lowest BCUT2D eigenvalue weighted by Crippen LogP contribution is -2.50. The van der Waals surface area contributed by atoms with Crippen molar-refractivity contribution in [1.29, 1.82) is 0 Å². The van der Waals surface area contributed by atoms with Crippen molar-refractivity contribution in [2.45, 2.75) is 31.1 Å². The van der Waals surface area contributed by atoms with E-state index in [4.69, 9.17) is 4.74 Å². The molecule has 0 heterocycles. The average Bonchev–Trinajstić information content (AvgIpc) is 3.13. The smallest absolute Gasteiger partial charge is 0.313 e. The van der Waals surface area contributed by atoms with Gasteiger partial charge in [-0.2, -0.15) is 0 Å². The third-order valence-corrected chi connectivity index (χ3v) is 7.85. The molecule has 0 bridgehead atoms. The minimum atomic E-state index is -0.571. The number of carbonyl (C=O) groups excluding carboxylic acids is 1. The highest BCUT2D eigenvalue weighted by atomic mass is 16.5. The van der Waals surface area contributed by atoms with Crippen LogP contribution in [0, 0.1) is 10.8 Å². The van der Waals surface area contributed by atoms with Gasteiger partial charge in [0.1, 0.15) is 0 Å². The van der Waals surface area contributed by atoms with Crippen LogP contribution in [-0.2, 0) is 14.9 Å². The molecule has 0 aliphatic heterocycles. The summed E-state index contributed by atoms with van der Waals surface area (Å²) in [5.74, 6) is 0.198. The van der Waals surface area contributed by atoms with Crippen LogP contribution in [0.1, 0.15) is 42.4 Å². The van der Waals surface area contributed by atoms with Gasteiger partial charge in [0, 0.05) is 17.3 Å². The molecule has 0 unspecified atom stereocenters. The van der Waals surface area contributed by atoms with Gasteiger partial charge in [-0.25, -0.2) is 0 Å². The van der Waals surface area contributed by atoms with Crippen LogP contribution in [0.5, 0.6) is 0 Å². The summed E-state index contributed by atoms with van der Waals surface area (Å²) in [5.41, 5.74) is 2.65. The monoisotopic (exact) mass is 382 g/mol. The molecule has 2 heteroatoms. The quantitative estimate of drug-likeness (QED) is 0.541. The summed E-state index contributed by atoms with van der Waals surface area (Å²) < 4.78 is 5.48. The molecule has 146 valence electrons. The number of hydrogen-bond acceptors (Lipinski definition) is 2. The molecule has 3 aromatic rings. The fourth-order valence-corrected chi connectivity index (χ4v) is 6.99. The fourth-order valence-electron chi connectivity index (χ4n) is 6.99. The van der Waals surface area contributed by atoms with Gasteiger partial charge in [0.15, 0.2) is 0 Å². The molecule has 29 heavy (non-hydrogen) atoms. The molecule has 4 atom stereocenters. The van der Waals surface area contributed by atoms with Gasteiger partial charge in [0.05, 0.1) is 12.5 Å². The zero-order valence-electron chi connectivity index (χ0n) is 17.1. The van der Waals surface area contributed by atoms with Gasteiger partial charge in [0.2, 0.25) is 0 Å². The van der Waals surface area contributed by atoms with E-state index in [1.165, 1.54) is 23.8 Å². The zero-order valence-corrected chi connectivity index (χ0v) is 17.1. The van der Waals surface area contributed by atoms with E-state index in [9.17, 15) is 4.79 Å². The summed E-state index contributed by atoms with van der Waals surface area (Å²) in [6, 6.07) is 31.7. The normalized spacial score (nSPS) is 31.3. The van der Waals surface area contributed by atoms with E-state index in [1.807, 2.05) is 12.1 Å². The van der Waals surface area contributed by atoms with E-state index in [2.05, 4.69) is 92.7 Å². The Bertz CT molecular complexity index is 1040. The number of rotatable bonds is 4. The first-order valence-corrected chi connectivity index (χ1v) is 10.3. The van der Waals surface area contributed by atoms with Crippen molar-refractivity contribution in [3.05, 3.63) is 108 Å². The molecule has 0 spiro atoms. The van der Waals surface area contributed by atoms with Crippen LogP contribution in [0.4, 0.5) is 0 Å². The van der Waals surface area contributed by atoms with Gasteiger partial charge >= 0.3 is 5.97 Å². The van der Waals surface area contributed by atoms with Crippen LogP contribution in [0.15, 0.2) is 91.0 Å². The lowest BCUT2D eigenvalue weighted by Gasteiger charge is -2.50. The second-order valence-corrected chi connectivity index (χ2v) is 8.88. The van der Waals surface area contributed by atoms with Crippen LogP contribution >= 0.6 is 0 Å². The van der Waals surface area contributed by atoms with Crippen molar-refractivity contribution < 1.29 is 9.53 Å². The summed E-state index contributed by atoms with van der Waals surface area (Å²) in [6.07, 6.45) is 0. The van der Waals surface area contributed by atoms with Crippen LogP contribution < -0.4 is 0 Å². The average molecular weight is 383 g/mol. The third kappa shape index (κ3) is 1.90. The van der Waals surface area contributed by atoms with Crippen LogP contribution in [0.3, 0.4) is 0 Å². The Balaban J connectivity index is 1.81. The van der Waals surface area contributed by atoms with E-state index in [0.29, 0.717) is 0 Å². The highest BCUT2D eigenvalue weighted by Gasteiger charge is 2.99. The lowest BCUT2D eigenvalue weighted by atomic mass is 9.51. The summed E-state index contributed by atoms with van der Waals surface area (Å²) in [4.78, 5) is 13.5. The van der Waals surface area contributed by atoms with Gasteiger partial charge in [0.25, 0.3) is 0 Å². The highest BCUT2D eigenvalue weighted by Crippen LogP contribution is 2.97. The predicted octanol–water partition coefficient (Wildman–Crippen LogP) is 5.70. The number of benzene rings is 3. The summed E-state index contributed by atoms with van der Waals surface area (Å²) in [5, 5.41) is 0. The van der Waals surface area contributed by atoms with Gasteiger partial charge in [-0.3, -0.25) is 4.79 Å². The predicted molar refractivity (Wildman–Crippen MR) is 115 cm³/mol. The third-order valence-electron chi connectivity index (χ3n) is 7.85. The summed E-state index contributed by atoms with van der Waals surface area (Å²) >= 11 is 0. The molecule has 0 aromatic heterocycles. The molecule has 5 rings (SSSR count). The van der Waals surface area contributed by atoms with Crippen LogP contribution in [0.2, 0.25) is 0 Å². The Morgan fingerprint density at radius 2 is 1.17 bits per heavy atom. The molecule has 2 saturated carbocycles. The minimum absolute atomic E-state index is 0.0776. The minimum Gasteiger partial charge on any atom is -0.469 e.